The second-order valence-electron chi connectivity index (χ2n) is 2.79. The summed E-state index contributed by atoms with van der Waals surface area (Å²) < 4.78 is 25.4. The first-order valence-electron chi connectivity index (χ1n) is 4.11. The van der Waals surface area contributed by atoms with Gasteiger partial charge in [0.2, 0.25) is 5.92 Å². The van der Waals surface area contributed by atoms with Crippen LogP contribution in [0, 0.1) is 0 Å². The van der Waals surface area contributed by atoms with Crippen molar-refractivity contribution in [1.82, 2.24) is 0 Å². The number of alkyl halides is 2. The van der Waals surface area contributed by atoms with Crippen LogP contribution in [-0.2, 0) is 0 Å². The lowest BCUT2D eigenvalue weighted by molar-refractivity contribution is -0.0230. The Hall–Kier alpha value is -0.180. The number of halogens is 2. The first-order chi connectivity index (χ1) is 5.12. The van der Waals surface area contributed by atoms with Gasteiger partial charge in [0.25, 0.3) is 0 Å². The Kier molecular flexibility index (Phi) is 5.38. The third kappa shape index (κ3) is 6.23. The van der Waals surface area contributed by atoms with Gasteiger partial charge in [-0.25, -0.2) is 8.78 Å². The highest BCUT2D eigenvalue weighted by Crippen LogP contribution is 2.26. The van der Waals surface area contributed by atoms with Crippen molar-refractivity contribution < 1.29 is 13.9 Å². The lowest BCUT2D eigenvalue weighted by atomic mass is 10.1. The van der Waals surface area contributed by atoms with Gasteiger partial charge in [-0.3, -0.25) is 0 Å². The first-order valence-corrected chi connectivity index (χ1v) is 4.11. The van der Waals surface area contributed by atoms with Crippen molar-refractivity contribution >= 4 is 0 Å². The fourth-order valence-corrected chi connectivity index (χ4v) is 0.898. The van der Waals surface area contributed by atoms with E-state index >= 15 is 0 Å². The van der Waals surface area contributed by atoms with Gasteiger partial charge in [0.05, 0.1) is 0 Å². The summed E-state index contributed by atoms with van der Waals surface area (Å²) >= 11 is 0. The Morgan fingerprint density at radius 3 is 2.18 bits per heavy atom. The van der Waals surface area contributed by atoms with Gasteiger partial charge in [-0.2, -0.15) is 0 Å². The lowest BCUT2D eigenvalue weighted by Crippen LogP contribution is -2.15. The zero-order valence-corrected chi connectivity index (χ0v) is 6.95. The molecule has 0 aliphatic rings. The van der Waals surface area contributed by atoms with E-state index in [-0.39, 0.29) is 25.9 Å². The molecule has 0 saturated carbocycles. The van der Waals surface area contributed by atoms with E-state index in [4.69, 9.17) is 5.11 Å². The summed E-state index contributed by atoms with van der Waals surface area (Å²) in [5.74, 6) is -2.56. The van der Waals surface area contributed by atoms with Gasteiger partial charge < -0.3 is 5.11 Å². The second-order valence-corrected chi connectivity index (χ2v) is 2.79. The van der Waals surface area contributed by atoms with E-state index in [1.165, 1.54) is 0 Å². The lowest BCUT2D eigenvalue weighted by Gasteiger charge is -2.14. The van der Waals surface area contributed by atoms with Crippen molar-refractivity contribution in [2.24, 2.45) is 0 Å². The predicted molar refractivity (Wildman–Crippen MR) is 40.8 cm³/mol. The van der Waals surface area contributed by atoms with Crippen LogP contribution >= 0.6 is 0 Å². The Labute approximate surface area is 66.4 Å². The molecule has 0 amide bonds. The zero-order chi connectivity index (χ0) is 8.74. The number of hydrogen-bond donors (Lipinski definition) is 1. The molecule has 1 N–H and O–H groups in total. The van der Waals surface area contributed by atoms with Crippen LogP contribution in [-0.4, -0.2) is 17.6 Å². The van der Waals surface area contributed by atoms with Crippen molar-refractivity contribution in [3.63, 3.8) is 0 Å². The molecule has 0 aromatic heterocycles. The molecule has 11 heavy (non-hydrogen) atoms. The summed E-state index contributed by atoms with van der Waals surface area (Å²) in [6.07, 6.45) is 1.36. The van der Waals surface area contributed by atoms with Crippen LogP contribution in [0.5, 0.6) is 0 Å². The highest BCUT2D eigenvalue weighted by Gasteiger charge is 2.26. The van der Waals surface area contributed by atoms with Gasteiger partial charge in [-0.05, 0) is 12.8 Å². The molecule has 0 radical (unpaired) electrons. The average Bonchev–Trinajstić information content (AvgIpc) is 1.97. The highest BCUT2D eigenvalue weighted by atomic mass is 19.3. The van der Waals surface area contributed by atoms with Gasteiger partial charge in [0, 0.05) is 19.4 Å². The highest BCUT2D eigenvalue weighted by molar-refractivity contribution is 4.65. The van der Waals surface area contributed by atoms with E-state index in [2.05, 4.69) is 0 Å². The van der Waals surface area contributed by atoms with E-state index in [0.29, 0.717) is 6.42 Å². The van der Waals surface area contributed by atoms with E-state index in [1.807, 2.05) is 6.92 Å². The van der Waals surface area contributed by atoms with Crippen LogP contribution in [0.2, 0.25) is 0 Å². The summed E-state index contributed by atoms with van der Waals surface area (Å²) in [6.45, 7) is 1.75. The molecule has 0 aliphatic heterocycles. The molecule has 0 fully saturated rings. The second kappa shape index (κ2) is 5.47. The van der Waals surface area contributed by atoms with Crippen molar-refractivity contribution in [3.05, 3.63) is 0 Å². The summed E-state index contributed by atoms with van der Waals surface area (Å²) in [7, 11) is 0. The normalized spacial score (nSPS) is 12.0. The molecular formula is C8H16F2O. The summed E-state index contributed by atoms with van der Waals surface area (Å²) in [6, 6.07) is 0. The summed E-state index contributed by atoms with van der Waals surface area (Å²) in [5.41, 5.74) is 0. The fourth-order valence-electron chi connectivity index (χ4n) is 0.898. The van der Waals surface area contributed by atoms with Crippen molar-refractivity contribution in [1.29, 1.82) is 0 Å². The van der Waals surface area contributed by atoms with Crippen LogP contribution < -0.4 is 0 Å². The van der Waals surface area contributed by atoms with Crippen molar-refractivity contribution in [3.8, 4) is 0 Å². The van der Waals surface area contributed by atoms with Crippen LogP contribution in [0.3, 0.4) is 0 Å². The Morgan fingerprint density at radius 2 is 1.73 bits per heavy atom. The minimum atomic E-state index is -2.56. The molecule has 0 bridgehead atoms. The fraction of sp³-hybridized carbons (Fsp3) is 1.00. The predicted octanol–water partition coefficient (Wildman–Crippen LogP) is 2.58. The zero-order valence-electron chi connectivity index (χ0n) is 6.95. The Morgan fingerprint density at radius 1 is 1.18 bits per heavy atom. The van der Waals surface area contributed by atoms with Crippen LogP contribution in [0.15, 0.2) is 0 Å². The monoisotopic (exact) mass is 166 g/mol. The summed E-state index contributed by atoms with van der Waals surface area (Å²) in [5, 5.41) is 8.32. The van der Waals surface area contributed by atoms with Gasteiger partial charge >= 0.3 is 0 Å². The standard InChI is InChI=1S/C8H16F2O/c1-2-3-5-8(9,10)6-4-7-11/h11H,2-7H2,1H3. The smallest absolute Gasteiger partial charge is 0.248 e. The maximum atomic E-state index is 12.7. The van der Waals surface area contributed by atoms with E-state index < -0.39 is 5.92 Å². The van der Waals surface area contributed by atoms with Crippen molar-refractivity contribution in [2.45, 2.75) is 45.0 Å². The molecular weight excluding hydrogens is 150 g/mol. The topological polar surface area (TPSA) is 20.2 Å². The SMILES string of the molecule is CCCCC(F)(F)CCCO. The molecule has 0 aliphatic carbocycles. The minimum absolute atomic E-state index is 0.0382. The van der Waals surface area contributed by atoms with E-state index in [9.17, 15) is 8.78 Å². The third-order valence-corrected chi connectivity index (χ3v) is 1.60. The molecule has 0 spiro atoms. The molecule has 0 aromatic carbocycles. The number of hydrogen-bond acceptors (Lipinski definition) is 1. The maximum absolute atomic E-state index is 12.7. The van der Waals surface area contributed by atoms with Crippen LogP contribution in [0.25, 0.3) is 0 Å². The van der Waals surface area contributed by atoms with Gasteiger partial charge in [-0.1, -0.05) is 13.3 Å². The van der Waals surface area contributed by atoms with Crippen LogP contribution in [0.1, 0.15) is 39.0 Å². The number of aliphatic hydroxyl groups excluding tert-OH is 1. The average molecular weight is 166 g/mol. The minimum Gasteiger partial charge on any atom is -0.396 e. The van der Waals surface area contributed by atoms with E-state index in [1.54, 1.807) is 0 Å². The molecule has 0 unspecified atom stereocenters. The van der Waals surface area contributed by atoms with Gasteiger partial charge in [0.15, 0.2) is 0 Å². The van der Waals surface area contributed by atoms with Gasteiger partial charge in [0.1, 0.15) is 0 Å². The number of rotatable bonds is 6. The number of unbranched alkanes of at least 4 members (excludes halogenated alkanes) is 1. The largest absolute Gasteiger partial charge is 0.396 e. The molecule has 68 valence electrons. The Balaban J connectivity index is 3.43. The molecule has 3 heteroatoms. The molecule has 0 heterocycles. The van der Waals surface area contributed by atoms with Crippen molar-refractivity contribution in [2.75, 3.05) is 6.61 Å². The summed E-state index contributed by atoms with van der Waals surface area (Å²) in [4.78, 5) is 0. The first kappa shape index (κ1) is 10.8. The van der Waals surface area contributed by atoms with Crippen LogP contribution in [0.4, 0.5) is 8.78 Å². The molecule has 1 nitrogen and oxygen atoms in total. The Bertz CT molecular complexity index is 84.1. The number of aliphatic hydroxyl groups is 1. The third-order valence-electron chi connectivity index (χ3n) is 1.60. The quantitative estimate of drug-likeness (QED) is 0.643. The molecule has 0 saturated heterocycles. The molecule has 0 atom stereocenters. The van der Waals surface area contributed by atoms with Gasteiger partial charge in [-0.15, -0.1) is 0 Å². The maximum Gasteiger partial charge on any atom is 0.248 e. The molecule has 0 rings (SSSR count). The van der Waals surface area contributed by atoms with E-state index in [0.717, 1.165) is 6.42 Å². The molecule has 0 aromatic rings.